The predicted molar refractivity (Wildman–Crippen MR) is 74.6 cm³/mol. The third-order valence-electron chi connectivity index (χ3n) is 3.79. The number of aromatic nitrogens is 2. The molecule has 0 radical (unpaired) electrons. The number of imidazole rings is 1. The number of nitrogens with one attached hydrogen (secondary N) is 1. The minimum Gasteiger partial charge on any atom is -0.339 e. The van der Waals surface area contributed by atoms with Gasteiger partial charge < -0.3 is 4.57 Å². The van der Waals surface area contributed by atoms with Crippen molar-refractivity contribution in [3.05, 3.63) is 12.5 Å². The Morgan fingerprint density at radius 2 is 2.11 bits per heavy atom. The Hall–Kier alpha value is -0.590. The normalized spacial score (nSPS) is 19.5. The molecule has 0 aliphatic heterocycles. The monoisotopic (exact) mass is 305 g/mol. The molecule has 1 aromatic heterocycles. The summed E-state index contributed by atoms with van der Waals surface area (Å²) in [5, 5.41) is 0.0653. The van der Waals surface area contributed by atoms with E-state index < -0.39 is 10.0 Å². The number of halogens is 1. The molecule has 0 amide bonds. The number of hydrogen-bond donors (Lipinski definition) is 1. The smallest absolute Gasteiger partial charge is 0.259 e. The fourth-order valence-electron chi connectivity index (χ4n) is 2.51. The maximum atomic E-state index is 12.1. The van der Waals surface area contributed by atoms with Crippen LogP contribution in [0.1, 0.15) is 32.1 Å². The van der Waals surface area contributed by atoms with E-state index in [0.29, 0.717) is 12.4 Å². The lowest BCUT2D eigenvalue weighted by molar-refractivity contribution is 0.223. The van der Waals surface area contributed by atoms with E-state index in [-0.39, 0.29) is 10.4 Å². The second-order valence-corrected chi connectivity index (χ2v) is 7.38. The van der Waals surface area contributed by atoms with Crippen LogP contribution in [0.3, 0.4) is 0 Å². The van der Waals surface area contributed by atoms with Crippen molar-refractivity contribution < 1.29 is 8.42 Å². The Balaban J connectivity index is 2.04. The summed E-state index contributed by atoms with van der Waals surface area (Å²) in [5.74, 6) is 0.498. The molecule has 1 aromatic rings. The summed E-state index contributed by atoms with van der Waals surface area (Å²) in [6.07, 6.45) is 8.41. The Bertz CT molecular complexity index is 521. The summed E-state index contributed by atoms with van der Waals surface area (Å²) in [5.41, 5.74) is -0.0956. The van der Waals surface area contributed by atoms with E-state index in [1.165, 1.54) is 18.9 Å². The van der Waals surface area contributed by atoms with Crippen molar-refractivity contribution in [2.24, 2.45) is 12.5 Å². The molecule has 1 saturated carbocycles. The minimum absolute atomic E-state index is 0.0653. The van der Waals surface area contributed by atoms with E-state index in [1.807, 2.05) is 0 Å². The van der Waals surface area contributed by atoms with E-state index >= 15 is 0 Å². The van der Waals surface area contributed by atoms with Gasteiger partial charge in [0, 0.05) is 25.7 Å². The molecular formula is C12H20ClN3O2S. The molecule has 2 rings (SSSR count). The van der Waals surface area contributed by atoms with Gasteiger partial charge >= 0.3 is 0 Å². The van der Waals surface area contributed by atoms with E-state index in [9.17, 15) is 8.42 Å². The van der Waals surface area contributed by atoms with E-state index in [1.54, 1.807) is 11.6 Å². The van der Waals surface area contributed by atoms with Crippen LogP contribution in [-0.2, 0) is 17.1 Å². The molecule has 1 aliphatic rings. The van der Waals surface area contributed by atoms with Crippen LogP contribution in [0.2, 0.25) is 0 Å². The lowest BCUT2D eigenvalue weighted by atomic mass is 9.76. The first-order chi connectivity index (χ1) is 8.97. The van der Waals surface area contributed by atoms with Gasteiger partial charge in [-0.3, -0.25) is 0 Å². The highest BCUT2D eigenvalue weighted by molar-refractivity contribution is 7.89. The molecule has 0 spiro atoms. The van der Waals surface area contributed by atoms with Crippen LogP contribution >= 0.6 is 11.6 Å². The van der Waals surface area contributed by atoms with Gasteiger partial charge in [-0.1, -0.05) is 19.3 Å². The zero-order valence-electron chi connectivity index (χ0n) is 11.1. The highest BCUT2D eigenvalue weighted by Crippen LogP contribution is 2.37. The number of sulfonamides is 1. The van der Waals surface area contributed by atoms with Gasteiger partial charge in [-0.05, 0) is 18.3 Å². The molecule has 0 aromatic carbocycles. The molecule has 5 nitrogen and oxygen atoms in total. The molecular weight excluding hydrogens is 286 g/mol. The Morgan fingerprint density at radius 1 is 1.42 bits per heavy atom. The zero-order valence-corrected chi connectivity index (χ0v) is 12.7. The maximum Gasteiger partial charge on any atom is 0.259 e. The van der Waals surface area contributed by atoms with Crippen molar-refractivity contribution in [2.45, 2.75) is 37.1 Å². The van der Waals surface area contributed by atoms with Gasteiger partial charge in [0.25, 0.3) is 10.0 Å². The van der Waals surface area contributed by atoms with Crippen molar-refractivity contribution in [1.82, 2.24) is 14.3 Å². The quantitative estimate of drug-likeness (QED) is 0.845. The first-order valence-corrected chi connectivity index (χ1v) is 8.53. The van der Waals surface area contributed by atoms with Gasteiger partial charge in [0.2, 0.25) is 0 Å². The molecule has 0 atom stereocenters. The third-order valence-corrected chi connectivity index (χ3v) is 5.64. The van der Waals surface area contributed by atoms with Crippen LogP contribution in [0, 0.1) is 5.41 Å². The molecule has 1 fully saturated rings. The second-order valence-electron chi connectivity index (χ2n) is 5.40. The van der Waals surface area contributed by atoms with Gasteiger partial charge in [-0.15, -0.1) is 11.6 Å². The molecule has 19 heavy (non-hydrogen) atoms. The van der Waals surface area contributed by atoms with Crippen LogP contribution < -0.4 is 4.72 Å². The predicted octanol–water partition coefficient (Wildman–Crippen LogP) is 1.89. The summed E-state index contributed by atoms with van der Waals surface area (Å²) in [4.78, 5) is 3.88. The van der Waals surface area contributed by atoms with Crippen molar-refractivity contribution in [3.8, 4) is 0 Å². The topological polar surface area (TPSA) is 64.0 Å². The van der Waals surface area contributed by atoms with E-state index in [4.69, 9.17) is 11.6 Å². The molecule has 0 bridgehead atoms. The van der Waals surface area contributed by atoms with Crippen molar-refractivity contribution in [1.29, 1.82) is 0 Å². The van der Waals surface area contributed by atoms with Gasteiger partial charge in [0.1, 0.15) is 0 Å². The van der Waals surface area contributed by atoms with Crippen molar-refractivity contribution >= 4 is 21.6 Å². The summed E-state index contributed by atoms with van der Waals surface area (Å²) in [6.45, 7) is 0.398. The van der Waals surface area contributed by atoms with Gasteiger partial charge in [-0.25, -0.2) is 18.1 Å². The minimum atomic E-state index is -3.53. The number of nitrogens with zero attached hydrogens (tertiary/aromatic N) is 2. The van der Waals surface area contributed by atoms with Gasteiger partial charge in [-0.2, -0.15) is 0 Å². The molecule has 1 N–H and O–H groups in total. The van der Waals surface area contributed by atoms with Gasteiger partial charge in [0.15, 0.2) is 5.03 Å². The number of rotatable bonds is 5. The first kappa shape index (κ1) is 14.8. The lowest BCUT2D eigenvalue weighted by Gasteiger charge is -2.35. The lowest BCUT2D eigenvalue weighted by Crippen LogP contribution is -2.40. The van der Waals surface area contributed by atoms with Crippen LogP contribution in [0.4, 0.5) is 0 Å². The average molecular weight is 306 g/mol. The van der Waals surface area contributed by atoms with Crippen molar-refractivity contribution in [2.75, 3.05) is 12.4 Å². The SMILES string of the molecule is Cn1cnc(S(=O)(=O)NCC2(CCl)CCCCC2)c1. The zero-order chi connectivity index (χ0) is 13.9. The molecule has 7 heteroatoms. The maximum absolute atomic E-state index is 12.1. The molecule has 0 unspecified atom stereocenters. The second kappa shape index (κ2) is 5.81. The number of alkyl halides is 1. The Kier molecular flexibility index (Phi) is 4.53. The van der Waals surface area contributed by atoms with Crippen LogP contribution in [0.5, 0.6) is 0 Å². The van der Waals surface area contributed by atoms with E-state index in [2.05, 4.69) is 9.71 Å². The Morgan fingerprint density at radius 3 is 2.63 bits per heavy atom. The summed E-state index contributed by atoms with van der Waals surface area (Å²) < 4.78 is 28.5. The standard InChI is InChI=1S/C12H20ClN3O2S/c1-16-7-11(14-10-16)19(17,18)15-9-12(8-13)5-3-2-4-6-12/h7,10,15H,2-6,8-9H2,1H3. The first-order valence-electron chi connectivity index (χ1n) is 6.51. The number of hydrogen-bond acceptors (Lipinski definition) is 3. The largest absolute Gasteiger partial charge is 0.339 e. The van der Waals surface area contributed by atoms with Crippen LogP contribution in [0.25, 0.3) is 0 Å². The van der Waals surface area contributed by atoms with Gasteiger partial charge in [0.05, 0.1) is 6.33 Å². The third kappa shape index (κ3) is 3.49. The van der Waals surface area contributed by atoms with E-state index in [0.717, 1.165) is 25.7 Å². The summed E-state index contributed by atoms with van der Waals surface area (Å²) in [7, 11) is -1.78. The van der Waals surface area contributed by atoms with Crippen molar-refractivity contribution in [3.63, 3.8) is 0 Å². The summed E-state index contributed by atoms with van der Waals surface area (Å²) >= 11 is 6.06. The molecule has 0 saturated heterocycles. The highest BCUT2D eigenvalue weighted by Gasteiger charge is 2.33. The fraction of sp³-hybridized carbons (Fsp3) is 0.750. The highest BCUT2D eigenvalue weighted by atomic mass is 35.5. The molecule has 108 valence electrons. The molecule has 1 aliphatic carbocycles. The summed E-state index contributed by atoms with van der Waals surface area (Å²) in [6, 6.07) is 0. The average Bonchev–Trinajstić information content (AvgIpc) is 2.85. The Labute approximate surface area is 119 Å². The van der Waals surface area contributed by atoms with Crippen LogP contribution in [-0.4, -0.2) is 30.4 Å². The van der Waals surface area contributed by atoms with Crippen LogP contribution in [0.15, 0.2) is 17.6 Å². The fourth-order valence-corrected chi connectivity index (χ4v) is 4.01. The molecule has 1 heterocycles. The number of aryl methyl sites for hydroxylation is 1.